The van der Waals surface area contributed by atoms with Gasteiger partial charge in [-0.05, 0) is 25.5 Å². The van der Waals surface area contributed by atoms with Crippen molar-refractivity contribution in [1.82, 2.24) is 10.2 Å². The lowest BCUT2D eigenvalue weighted by molar-refractivity contribution is -0.139. The SMILES string of the molecule is CNC(=O)C(C)N(Cc1ccccc1F)C(=O)Cc1ccc(C)cc1. The first-order chi connectivity index (χ1) is 11.9. The highest BCUT2D eigenvalue weighted by atomic mass is 19.1. The topological polar surface area (TPSA) is 49.4 Å². The smallest absolute Gasteiger partial charge is 0.242 e. The number of nitrogens with one attached hydrogen (secondary N) is 1. The molecular formula is C20H23FN2O2. The number of nitrogens with zero attached hydrogens (tertiary/aromatic N) is 1. The summed E-state index contributed by atoms with van der Waals surface area (Å²) in [5.74, 6) is -0.892. The normalized spacial score (nSPS) is 11.7. The fourth-order valence-corrected chi connectivity index (χ4v) is 2.58. The van der Waals surface area contributed by atoms with E-state index in [9.17, 15) is 14.0 Å². The lowest BCUT2D eigenvalue weighted by atomic mass is 10.1. The zero-order chi connectivity index (χ0) is 18.4. The van der Waals surface area contributed by atoms with Crippen molar-refractivity contribution in [3.63, 3.8) is 0 Å². The Kier molecular flexibility index (Phi) is 6.28. The number of carbonyl (C=O) groups excluding carboxylic acids is 2. The molecule has 2 aromatic carbocycles. The largest absolute Gasteiger partial charge is 0.357 e. The second kappa shape index (κ2) is 8.42. The number of likely N-dealkylation sites (N-methyl/N-ethyl adjacent to an activating group) is 1. The Morgan fingerprint density at radius 1 is 1.12 bits per heavy atom. The van der Waals surface area contributed by atoms with Crippen molar-refractivity contribution < 1.29 is 14.0 Å². The Bertz CT molecular complexity index is 744. The van der Waals surface area contributed by atoms with Crippen LogP contribution in [0.5, 0.6) is 0 Å². The van der Waals surface area contributed by atoms with Crippen molar-refractivity contribution >= 4 is 11.8 Å². The molecular weight excluding hydrogens is 319 g/mol. The molecule has 1 unspecified atom stereocenters. The maximum Gasteiger partial charge on any atom is 0.242 e. The predicted molar refractivity (Wildman–Crippen MR) is 95.4 cm³/mol. The van der Waals surface area contributed by atoms with Gasteiger partial charge in [0.2, 0.25) is 11.8 Å². The van der Waals surface area contributed by atoms with E-state index in [1.807, 2.05) is 31.2 Å². The van der Waals surface area contributed by atoms with Gasteiger partial charge in [0.15, 0.2) is 0 Å². The van der Waals surface area contributed by atoms with E-state index in [2.05, 4.69) is 5.32 Å². The van der Waals surface area contributed by atoms with Gasteiger partial charge in [0.1, 0.15) is 11.9 Å². The van der Waals surface area contributed by atoms with Crippen LogP contribution in [0.3, 0.4) is 0 Å². The molecule has 5 heteroatoms. The minimum atomic E-state index is -0.692. The molecule has 25 heavy (non-hydrogen) atoms. The van der Waals surface area contributed by atoms with E-state index in [-0.39, 0.29) is 30.6 Å². The lowest BCUT2D eigenvalue weighted by Gasteiger charge is -2.28. The van der Waals surface area contributed by atoms with E-state index in [1.54, 1.807) is 25.1 Å². The highest BCUT2D eigenvalue weighted by molar-refractivity contribution is 5.88. The van der Waals surface area contributed by atoms with Crippen molar-refractivity contribution in [2.75, 3.05) is 7.05 Å². The zero-order valence-electron chi connectivity index (χ0n) is 14.8. The van der Waals surface area contributed by atoms with Crippen LogP contribution in [0.1, 0.15) is 23.6 Å². The molecule has 0 saturated heterocycles. The first-order valence-corrected chi connectivity index (χ1v) is 8.22. The Hall–Kier alpha value is -2.69. The third-order valence-electron chi connectivity index (χ3n) is 4.19. The molecule has 0 aliphatic carbocycles. The molecule has 0 radical (unpaired) electrons. The van der Waals surface area contributed by atoms with Crippen LogP contribution in [-0.4, -0.2) is 29.8 Å². The van der Waals surface area contributed by atoms with E-state index in [4.69, 9.17) is 0 Å². The molecule has 1 atom stereocenters. The number of benzene rings is 2. The van der Waals surface area contributed by atoms with E-state index in [0.717, 1.165) is 11.1 Å². The molecule has 0 saturated carbocycles. The summed E-state index contributed by atoms with van der Waals surface area (Å²) in [7, 11) is 1.52. The van der Waals surface area contributed by atoms with Crippen LogP contribution in [0, 0.1) is 12.7 Å². The minimum Gasteiger partial charge on any atom is -0.357 e. The molecule has 0 bridgehead atoms. The number of amides is 2. The molecule has 2 rings (SSSR count). The molecule has 132 valence electrons. The van der Waals surface area contributed by atoms with Gasteiger partial charge in [0.05, 0.1) is 6.42 Å². The fraction of sp³-hybridized carbons (Fsp3) is 0.300. The van der Waals surface area contributed by atoms with E-state index < -0.39 is 6.04 Å². The summed E-state index contributed by atoms with van der Waals surface area (Å²) in [6.07, 6.45) is 0.163. The Morgan fingerprint density at radius 2 is 1.76 bits per heavy atom. The van der Waals surface area contributed by atoms with Crippen molar-refractivity contribution in [2.24, 2.45) is 0 Å². The number of carbonyl (C=O) groups is 2. The first-order valence-electron chi connectivity index (χ1n) is 8.22. The summed E-state index contributed by atoms with van der Waals surface area (Å²) >= 11 is 0. The molecule has 4 nitrogen and oxygen atoms in total. The quantitative estimate of drug-likeness (QED) is 0.878. The van der Waals surface area contributed by atoms with Gasteiger partial charge in [-0.3, -0.25) is 9.59 Å². The molecule has 0 aliphatic heterocycles. The summed E-state index contributed by atoms with van der Waals surface area (Å²) in [6.45, 7) is 3.67. The van der Waals surface area contributed by atoms with Crippen LogP contribution in [0.15, 0.2) is 48.5 Å². The van der Waals surface area contributed by atoms with E-state index in [1.165, 1.54) is 18.0 Å². The van der Waals surface area contributed by atoms with Gasteiger partial charge in [-0.15, -0.1) is 0 Å². The van der Waals surface area contributed by atoms with Crippen molar-refractivity contribution in [2.45, 2.75) is 32.9 Å². The third-order valence-corrected chi connectivity index (χ3v) is 4.19. The predicted octanol–water partition coefficient (Wildman–Crippen LogP) is 2.84. The summed E-state index contributed by atoms with van der Waals surface area (Å²) in [4.78, 5) is 26.2. The Labute approximate surface area is 147 Å². The molecule has 2 aromatic rings. The minimum absolute atomic E-state index is 0.0476. The van der Waals surface area contributed by atoms with Crippen LogP contribution in [-0.2, 0) is 22.6 Å². The second-order valence-electron chi connectivity index (χ2n) is 6.07. The van der Waals surface area contributed by atoms with Gasteiger partial charge in [-0.2, -0.15) is 0 Å². The summed E-state index contributed by atoms with van der Waals surface area (Å²) in [5.41, 5.74) is 2.35. The van der Waals surface area contributed by atoms with Gasteiger partial charge in [0, 0.05) is 19.2 Å². The van der Waals surface area contributed by atoms with Crippen LogP contribution in [0.2, 0.25) is 0 Å². The number of halogens is 1. The van der Waals surface area contributed by atoms with Crippen molar-refractivity contribution in [3.8, 4) is 0 Å². The average Bonchev–Trinajstić information content (AvgIpc) is 2.61. The maximum atomic E-state index is 14.0. The lowest BCUT2D eigenvalue weighted by Crippen LogP contribution is -2.47. The summed E-state index contributed by atoms with van der Waals surface area (Å²) in [6, 6.07) is 13.2. The third kappa shape index (κ3) is 4.89. The number of rotatable bonds is 6. The van der Waals surface area contributed by atoms with E-state index >= 15 is 0 Å². The summed E-state index contributed by atoms with van der Waals surface area (Å²) in [5, 5.41) is 2.55. The Morgan fingerprint density at radius 3 is 2.36 bits per heavy atom. The maximum absolute atomic E-state index is 14.0. The van der Waals surface area contributed by atoms with Gasteiger partial charge < -0.3 is 10.2 Å². The van der Waals surface area contributed by atoms with Crippen molar-refractivity contribution in [1.29, 1.82) is 0 Å². The second-order valence-corrected chi connectivity index (χ2v) is 6.07. The molecule has 0 heterocycles. The molecule has 0 aliphatic rings. The van der Waals surface area contributed by atoms with Crippen LogP contribution in [0.25, 0.3) is 0 Å². The molecule has 0 fully saturated rings. The number of aryl methyl sites for hydroxylation is 1. The van der Waals surface area contributed by atoms with E-state index in [0.29, 0.717) is 5.56 Å². The van der Waals surface area contributed by atoms with Crippen LogP contribution >= 0.6 is 0 Å². The van der Waals surface area contributed by atoms with Crippen molar-refractivity contribution in [3.05, 3.63) is 71.0 Å². The molecule has 0 spiro atoms. The first kappa shape index (κ1) is 18.6. The molecule has 1 N–H and O–H groups in total. The number of hydrogen-bond donors (Lipinski definition) is 1. The molecule has 2 amide bonds. The standard InChI is InChI=1S/C20H23FN2O2/c1-14-8-10-16(11-9-14)12-19(24)23(15(2)20(25)22-3)13-17-6-4-5-7-18(17)21/h4-11,15H,12-13H2,1-3H3,(H,22,25). The zero-order valence-corrected chi connectivity index (χ0v) is 14.8. The Balaban J connectivity index is 2.23. The average molecular weight is 342 g/mol. The van der Waals surface area contributed by atoms with Gasteiger partial charge in [0.25, 0.3) is 0 Å². The summed E-state index contributed by atoms with van der Waals surface area (Å²) < 4.78 is 14.0. The highest BCUT2D eigenvalue weighted by Crippen LogP contribution is 2.15. The van der Waals surface area contributed by atoms with Gasteiger partial charge >= 0.3 is 0 Å². The van der Waals surface area contributed by atoms with Gasteiger partial charge in [-0.25, -0.2) is 4.39 Å². The number of hydrogen-bond acceptors (Lipinski definition) is 2. The van der Waals surface area contributed by atoms with Crippen LogP contribution < -0.4 is 5.32 Å². The monoisotopic (exact) mass is 342 g/mol. The van der Waals surface area contributed by atoms with Crippen LogP contribution in [0.4, 0.5) is 4.39 Å². The fourth-order valence-electron chi connectivity index (χ4n) is 2.58. The molecule has 0 aromatic heterocycles. The van der Waals surface area contributed by atoms with Gasteiger partial charge in [-0.1, -0.05) is 48.0 Å². The highest BCUT2D eigenvalue weighted by Gasteiger charge is 2.26.